The minimum Gasteiger partial charge on any atom is -0.309 e. The van der Waals surface area contributed by atoms with E-state index in [1.54, 1.807) is 6.20 Å². The van der Waals surface area contributed by atoms with Crippen LogP contribution < -0.4 is 5.32 Å². The molecule has 0 aliphatic rings. The predicted octanol–water partition coefficient (Wildman–Crippen LogP) is 1.21. The fourth-order valence-corrected chi connectivity index (χ4v) is 1.96. The van der Waals surface area contributed by atoms with Crippen LogP contribution in [0.4, 0.5) is 0 Å². The highest BCUT2D eigenvalue weighted by Gasteiger charge is 2.13. The van der Waals surface area contributed by atoms with Gasteiger partial charge in [-0.2, -0.15) is 20.5 Å². The molecule has 2 N–H and O–H groups in total. The topological polar surface area (TPSA) is 71.4 Å². The van der Waals surface area contributed by atoms with Crippen LogP contribution in [-0.4, -0.2) is 31.7 Å². The van der Waals surface area contributed by atoms with Crippen molar-refractivity contribution in [1.82, 2.24) is 30.5 Å². The number of nitrogens with one attached hydrogen (secondary N) is 2. The molecule has 2 heterocycles. The summed E-state index contributed by atoms with van der Waals surface area (Å²) < 4.78 is 1.83. The molecule has 0 aliphatic heterocycles. The molecular weight excluding hydrogens is 228 g/mol. The van der Waals surface area contributed by atoms with E-state index in [2.05, 4.69) is 38.9 Å². The van der Waals surface area contributed by atoms with Gasteiger partial charge in [-0.1, -0.05) is 6.92 Å². The average Bonchev–Trinajstić information content (AvgIpc) is 3.01. The Bertz CT molecular complexity index is 447. The summed E-state index contributed by atoms with van der Waals surface area (Å²) >= 11 is 0. The highest BCUT2D eigenvalue weighted by molar-refractivity contribution is 5.06. The number of hydrogen-bond acceptors (Lipinski definition) is 4. The lowest BCUT2D eigenvalue weighted by atomic mass is 10.1. The van der Waals surface area contributed by atoms with Crippen molar-refractivity contribution >= 4 is 0 Å². The summed E-state index contributed by atoms with van der Waals surface area (Å²) in [5.41, 5.74) is 2.23. The summed E-state index contributed by atoms with van der Waals surface area (Å²) in [7, 11) is 1.94. The van der Waals surface area contributed by atoms with E-state index in [0.29, 0.717) is 0 Å². The van der Waals surface area contributed by atoms with Crippen LogP contribution in [0.25, 0.3) is 0 Å². The molecule has 2 aromatic heterocycles. The van der Waals surface area contributed by atoms with Crippen LogP contribution in [0.1, 0.15) is 37.1 Å². The van der Waals surface area contributed by atoms with Gasteiger partial charge in [-0.05, 0) is 31.4 Å². The van der Waals surface area contributed by atoms with E-state index in [9.17, 15) is 0 Å². The minimum absolute atomic E-state index is 0.254. The van der Waals surface area contributed by atoms with E-state index in [-0.39, 0.29) is 6.04 Å². The first-order chi connectivity index (χ1) is 8.79. The Kier molecular flexibility index (Phi) is 4.46. The Labute approximate surface area is 107 Å². The van der Waals surface area contributed by atoms with Gasteiger partial charge in [0.05, 0.1) is 24.1 Å². The van der Waals surface area contributed by atoms with Gasteiger partial charge < -0.3 is 5.32 Å². The highest BCUT2D eigenvalue weighted by Crippen LogP contribution is 2.16. The van der Waals surface area contributed by atoms with Crippen molar-refractivity contribution in [3.8, 4) is 0 Å². The third-order valence-electron chi connectivity index (χ3n) is 2.91. The third kappa shape index (κ3) is 3.40. The Hall–Kier alpha value is -1.69. The van der Waals surface area contributed by atoms with E-state index in [1.807, 2.05) is 17.9 Å². The molecule has 0 bridgehead atoms. The fraction of sp³-hybridized carbons (Fsp3) is 0.583. The van der Waals surface area contributed by atoms with Gasteiger partial charge in [0, 0.05) is 13.2 Å². The monoisotopic (exact) mass is 248 g/mol. The quantitative estimate of drug-likeness (QED) is 0.772. The summed E-state index contributed by atoms with van der Waals surface area (Å²) in [4.78, 5) is 0. The summed E-state index contributed by atoms with van der Waals surface area (Å²) in [6.07, 6.45) is 8.86. The van der Waals surface area contributed by atoms with E-state index in [0.717, 1.165) is 31.5 Å². The molecule has 0 aromatic carbocycles. The molecule has 0 aliphatic carbocycles. The molecule has 0 fully saturated rings. The smallest absolute Gasteiger partial charge is 0.0993 e. The fourth-order valence-electron chi connectivity index (χ4n) is 1.96. The number of aryl methyl sites for hydroxylation is 2. The van der Waals surface area contributed by atoms with E-state index in [4.69, 9.17) is 0 Å². The Morgan fingerprint density at radius 1 is 1.44 bits per heavy atom. The van der Waals surface area contributed by atoms with E-state index in [1.165, 1.54) is 5.56 Å². The molecule has 2 rings (SSSR count). The number of rotatable bonds is 7. The summed E-state index contributed by atoms with van der Waals surface area (Å²) in [5.74, 6) is 0. The van der Waals surface area contributed by atoms with Crippen molar-refractivity contribution in [3.05, 3.63) is 29.8 Å². The van der Waals surface area contributed by atoms with Gasteiger partial charge in [0.25, 0.3) is 0 Å². The average molecular weight is 248 g/mol. The van der Waals surface area contributed by atoms with Crippen molar-refractivity contribution in [3.63, 3.8) is 0 Å². The molecule has 0 saturated heterocycles. The molecule has 18 heavy (non-hydrogen) atoms. The maximum Gasteiger partial charge on any atom is 0.0993 e. The molecule has 2 aromatic rings. The van der Waals surface area contributed by atoms with Gasteiger partial charge in [-0.25, -0.2) is 0 Å². The zero-order valence-corrected chi connectivity index (χ0v) is 10.9. The van der Waals surface area contributed by atoms with Crippen LogP contribution in [-0.2, 0) is 13.5 Å². The van der Waals surface area contributed by atoms with Gasteiger partial charge in [0.15, 0.2) is 0 Å². The highest BCUT2D eigenvalue weighted by atomic mass is 15.3. The molecule has 0 radical (unpaired) electrons. The molecule has 6 heteroatoms. The maximum absolute atomic E-state index is 4.18. The zero-order valence-electron chi connectivity index (χ0n) is 10.9. The number of H-pyrrole nitrogens is 1. The second-order valence-electron chi connectivity index (χ2n) is 4.46. The number of aromatic amines is 1. The Balaban J connectivity index is 1.93. The molecule has 6 nitrogen and oxygen atoms in total. The summed E-state index contributed by atoms with van der Waals surface area (Å²) in [6.45, 7) is 3.15. The van der Waals surface area contributed by atoms with Gasteiger partial charge in [0.1, 0.15) is 0 Å². The number of nitrogens with zero attached hydrogens (tertiary/aromatic N) is 4. The minimum atomic E-state index is 0.254. The molecule has 0 amide bonds. The number of hydrogen-bond donors (Lipinski definition) is 2. The van der Waals surface area contributed by atoms with Crippen LogP contribution in [0, 0.1) is 0 Å². The van der Waals surface area contributed by atoms with Gasteiger partial charge in [0.2, 0.25) is 0 Å². The molecule has 0 spiro atoms. The first-order valence-electron chi connectivity index (χ1n) is 6.36. The standard InChI is InChI=1S/C12H20N6/c1-3-6-13-11(12-8-14-17-16-12)5-4-10-7-15-18(2)9-10/h7-9,11,13H,3-6H2,1-2H3,(H,14,16,17). The van der Waals surface area contributed by atoms with Crippen molar-refractivity contribution < 1.29 is 0 Å². The molecule has 0 saturated carbocycles. The van der Waals surface area contributed by atoms with E-state index >= 15 is 0 Å². The second-order valence-corrected chi connectivity index (χ2v) is 4.46. The lowest BCUT2D eigenvalue weighted by Gasteiger charge is -2.15. The largest absolute Gasteiger partial charge is 0.309 e. The normalized spacial score (nSPS) is 12.8. The Morgan fingerprint density at radius 2 is 2.33 bits per heavy atom. The van der Waals surface area contributed by atoms with Crippen LogP contribution in [0.2, 0.25) is 0 Å². The van der Waals surface area contributed by atoms with Crippen LogP contribution >= 0.6 is 0 Å². The summed E-state index contributed by atoms with van der Waals surface area (Å²) in [5, 5.41) is 18.4. The second kappa shape index (κ2) is 6.30. The lowest BCUT2D eigenvalue weighted by molar-refractivity contribution is 0.488. The van der Waals surface area contributed by atoms with Crippen molar-refractivity contribution in [2.24, 2.45) is 7.05 Å². The third-order valence-corrected chi connectivity index (χ3v) is 2.91. The molecular formula is C12H20N6. The van der Waals surface area contributed by atoms with Crippen molar-refractivity contribution in [2.45, 2.75) is 32.2 Å². The SMILES string of the molecule is CCCNC(CCc1cnn(C)c1)c1cn[nH]n1. The molecule has 1 atom stereocenters. The van der Waals surface area contributed by atoms with Crippen molar-refractivity contribution in [1.29, 1.82) is 0 Å². The lowest BCUT2D eigenvalue weighted by Crippen LogP contribution is -2.23. The predicted molar refractivity (Wildman–Crippen MR) is 68.9 cm³/mol. The molecule has 1 unspecified atom stereocenters. The van der Waals surface area contributed by atoms with Crippen LogP contribution in [0.5, 0.6) is 0 Å². The van der Waals surface area contributed by atoms with Gasteiger partial charge in [-0.3, -0.25) is 4.68 Å². The first kappa shape index (κ1) is 12.8. The van der Waals surface area contributed by atoms with Crippen LogP contribution in [0.3, 0.4) is 0 Å². The van der Waals surface area contributed by atoms with E-state index < -0.39 is 0 Å². The van der Waals surface area contributed by atoms with Gasteiger partial charge in [-0.15, -0.1) is 0 Å². The maximum atomic E-state index is 4.18. The van der Waals surface area contributed by atoms with Crippen LogP contribution in [0.15, 0.2) is 18.6 Å². The summed E-state index contributed by atoms with van der Waals surface area (Å²) in [6, 6.07) is 0.254. The van der Waals surface area contributed by atoms with Gasteiger partial charge >= 0.3 is 0 Å². The Morgan fingerprint density at radius 3 is 2.94 bits per heavy atom. The van der Waals surface area contributed by atoms with Crippen molar-refractivity contribution in [2.75, 3.05) is 6.54 Å². The number of aromatic nitrogens is 5. The first-order valence-corrected chi connectivity index (χ1v) is 6.36. The molecule has 98 valence electrons. The zero-order chi connectivity index (χ0) is 12.8.